The van der Waals surface area contributed by atoms with Crippen LogP contribution in [0.3, 0.4) is 0 Å². The van der Waals surface area contributed by atoms with E-state index in [0.717, 1.165) is 10.4 Å². The van der Waals surface area contributed by atoms with Gasteiger partial charge in [0.15, 0.2) is 6.61 Å². The quantitative estimate of drug-likeness (QED) is 0.595. The molecule has 0 spiro atoms. The molecule has 0 saturated heterocycles. The minimum absolute atomic E-state index is 0.0188. The lowest BCUT2D eigenvalue weighted by molar-refractivity contribution is -0.149. The van der Waals surface area contributed by atoms with Gasteiger partial charge < -0.3 is 10.1 Å². The van der Waals surface area contributed by atoms with Crippen LogP contribution in [0.1, 0.15) is 20.8 Å². The normalized spacial score (nSPS) is 12.3. The van der Waals surface area contributed by atoms with Gasteiger partial charge in [0.1, 0.15) is 11.4 Å². The van der Waals surface area contributed by atoms with Crippen molar-refractivity contribution in [2.75, 3.05) is 6.61 Å². The van der Waals surface area contributed by atoms with Crippen LogP contribution in [0.5, 0.6) is 0 Å². The second-order valence-electron chi connectivity index (χ2n) is 6.75. The van der Waals surface area contributed by atoms with E-state index in [1.807, 2.05) is 43.7 Å². The summed E-state index contributed by atoms with van der Waals surface area (Å²) in [7, 11) is 0. The smallest absolute Gasteiger partial charge is 0.326 e. The SMILES string of the molecule is CC(C)C(C)NC(=O)COC(=O)Cn1cnc2scc(-c3cccs3)c2c1=O. The first kappa shape index (κ1) is 20.2. The number of fused-ring (bicyclic) bond motifs is 1. The highest BCUT2D eigenvalue weighted by Crippen LogP contribution is 2.33. The number of hydrogen-bond donors (Lipinski definition) is 1. The Labute approximate surface area is 170 Å². The van der Waals surface area contributed by atoms with Crippen molar-refractivity contribution < 1.29 is 14.3 Å². The number of aromatic nitrogens is 2. The minimum atomic E-state index is -0.663. The summed E-state index contributed by atoms with van der Waals surface area (Å²) in [5.41, 5.74) is 0.516. The second kappa shape index (κ2) is 8.66. The predicted molar refractivity (Wildman–Crippen MR) is 111 cm³/mol. The highest BCUT2D eigenvalue weighted by atomic mass is 32.1. The number of esters is 1. The molecule has 0 saturated carbocycles. The van der Waals surface area contributed by atoms with E-state index in [9.17, 15) is 14.4 Å². The third kappa shape index (κ3) is 4.48. The van der Waals surface area contributed by atoms with Gasteiger partial charge in [-0.1, -0.05) is 19.9 Å². The fourth-order valence-electron chi connectivity index (χ4n) is 2.49. The van der Waals surface area contributed by atoms with Gasteiger partial charge in [0.25, 0.3) is 11.5 Å². The van der Waals surface area contributed by atoms with E-state index in [1.54, 1.807) is 0 Å². The van der Waals surface area contributed by atoms with E-state index in [-0.39, 0.29) is 36.6 Å². The molecule has 3 aromatic rings. The molecule has 1 amide bonds. The molecule has 28 heavy (non-hydrogen) atoms. The standard InChI is InChI=1S/C19H21N3O4S2/c1-11(2)12(3)21-15(23)8-26-16(24)7-22-10-20-18-17(19(22)25)13(9-28-18)14-5-4-6-27-14/h4-6,9-12H,7-8H2,1-3H3,(H,21,23). The lowest BCUT2D eigenvalue weighted by Gasteiger charge is -2.17. The van der Waals surface area contributed by atoms with Crippen LogP contribution < -0.4 is 10.9 Å². The van der Waals surface area contributed by atoms with E-state index >= 15 is 0 Å². The molecular formula is C19H21N3O4S2. The van der Waals surface area contributed by atoms with Gasteiger partial charge in [-0.3, -0.25) is 19.0 Å². The van der Waals surface area contributed by atoms with Crippen molar-refractivity contribution >= 4 is 44.8 Å². The Morgan fingerprint density at radius 2 is 2.07 bits per heavy atom. The molecule has 0 radical (unpaired) electrons. The van der Waals surface area contributed by atoms with Crippen molar-refractivity contribution in [2.24, 2.45) is 5.92 Å². The molecule has 3 aromatic heterocycles. The van der Waals surface area contributed by atoms with E-state index in [2.05, 4.69) is 10.3 Å². The number of nitrogens with one attached hydrogen (secondary N) is 1. The molecule has 0 aliphatic rings. The van der Waals surface area contributed by atoms with Crippen molar-refractivity contribution in [3.8, 4) is 10.4 Å². The first-order chi connectivity index (χ1) is 13.4. The lowest BCUT2D eigenvalue weighted by atomic mass is 10.1. The predicted octanol–water partition coefficient (Wildman–Crippen LogP) is 2.89. The Balaban J connectivity index is 1.70. The number of amides is 1. The molecule has 0 aliphatic carbocycles. The van der Waals surface area contributed by atoms with Crippen molar-refractivity contribution in [2.45, 2.75) is 33.4 Å². The van der Waals surface area contributed by atoms with Crippen LogP contribution >= 0.6 is 22.7 Å². The third-order valence-electron chi connectivity index (χ3n) is 4.40. The van der Waals surface area contributed by atoms with Gasteiger partial charge in [-0.25, -0.2) is 4.98 Å². The number of ether oxygens (including phenoxy) is 1. The number of thiophene rings is 2. The molecule has 1 atom stereocenters. The molecule has 9 heteroatoms. The zero-order chi connectivity index (χ0) is 20.3. The number of hydrogen-bond acceptors (Lipinski definition) is 7. The van der Waals surface area contributed by atoms with Gasteiger partial charge in [0.05, 0.1) is 11.7 Å². The van der Waals surface area contributed by atoms with E-state index < -0.39 is 5.97 Å². The van der Waals surface area contributed by atoms with Crippen molar-refractivity contribution in [3.63, 3.8) is 0 Å². The molecule has 0 bridgehead atoms. The maximum Gasteiger partial charge on any atom is 0.326 e. The lowest BCUT2D eigenvalue weighted by Crippen LogP contribution is -2.39. The minimum Gasteiger partial charge on any atom is -0.454 e. The summed E-state index contributed by atoms with van der Waals surface area (Å²) in [4.78, 5) is 42.6. The van der Waals surface area contributed by atoms with E-state index in [0.29, 0.717) is 10.2 Å². The zero-order valence-electron chi connectivity index (χ0n) is 15.8. The largest absolute Gasteiger partial charge is 0.454 e. The summed E-state index contributed by atoms with van der Waals surface area (Å²) in [6.45, 7) is 5.19. The number of carbonyl (C=O) groups is 2. The van der Waals surface area contributed by atoms with Crippen molar-refractivity contribution in [3.05, 3.63) is 39.6 Å². The Kier molecular flexibility index (Phi) is 6.25. The van der Waals surface area contributed by atoms with Crippen LogP contribution in [0.15, 0.2) is 34.0 Å². The Morgan fingerprint density at radius 3 is 2.75 bits per heavy atom. The molecule has 0 aromatic carbocycles. The fourth-order valence-corrected chi connectivity index (χ4v) is 4.21. The van der Waals surface area contributed by atoms with Crippen LogP contribution in [0, 0.1) is 5.92 Å². The molecule has 148 valence electrons. The molecular weight excluding hydrogens is 398 g/mol. The number of carbonyl (C=O) groups excluding carboxylic acids is 2. The van der Waals surface area contributed by atoms with E-state index in [1.165, 1.54) is 33.6 Å². The summed E-state index contributed by atoms with van der Waals surface area (Å²) in [5.74, 6) is -0.754. The molecule has 0 aliphatic heterocycles. The van der Waals surface area contributed by atoms with Gasteiger partial charge in [-0.15, -0.1) is 22.7 Å². The zero-order valence-corrected chi connectivity index (χ0v) is 17.4. The Hall–Kier alpha value is -2.52. The fraction of sp³-hybridized carbons (Fsp3) is 0.368. The molecule has 3 rings (SSSR count). The maximum atomic E-state index is 12.8. The summed E-state index contributed by atoms with van der Waals surface area (Å²) >= 11 is 2.93. The Morgan fingerprint density at radius 1 is 1.29 bits per heavy atom. The van der Waals surface area contributed by atoms with Gasteiger partial charge in [0.2, 0.25) is 0 Å². The average molecular weight is 420 g/mol. The molecule has 7 nitrogen and oxygen atoms in total. The highest BCUT2D eigenvalue weighted by Gasteiger charge is 2.17. The first-order valence-corrected chi connectivity index (χ1v) is 10.6. The third-order valence-corrected chi connectivity index (χ3v) is 6.19. The van der Waals surface area contributed by atoms with Gasteiger partial charge in [-0.2, -0.15) is 0 Å². The van der Waals surface area contributed by atoms with Crippen molar-refractivity contribution in [1.29, 1.82) is 0 Å². The van der Waals surface area contributed by atoms with Crippen LogP contribution in [0.4, 0.5) is 0 Å². The van der Waals surface area contributed by atoms with Gasteiger partial charge in [0, 0.05) is 21.9 Å². The topological polar surface area (TPSA) is 90.3 Å². The first-order valence-electron chi connectivity index (χ1n) is 8.82. The van der Waals surface area contributed by atoms with Crippen LogP contribution in [0.2, 0.25) is 0 Å². The Bertz CT molecular complexity index is 1040. The monoisotopic (exact) mass is 419 g/mol. The van der Waals surface area contributed by atoms with E-state index in [4.69, 9.17) is 4.74 Å². The van der Waals surface area contributed by atoms with Crippen LogP contribution in [0.25, 0.3) is 20.7 Å². The van der Waals surface area contributed by atoms with Gasteiger partial charge in [-0.05, 0) is 24.3 Å². The summed E-state index contributed by atoms with van der Waals surface area (Å²) in [5, 5.41) is 7.09. The molecule has 0 fully saturated rings. The van der Waals surface area contributed by atoms with Crippen LogP contribution in [-0.4, -0.2) is 34.1 Å². The molecule has 3 heterocycles. The summed E-state index contributed by atoms with van der Waals surface area (Å²) in [6.07, 6.45) is 1.33. The summed E-state index contributed by atoms with van der Waals surface area (Å²) < 4.78 is 6.22. The number of rotatable bonds is 7. The maximum absolute atomic E-state index is 12.8. The average Bonchev–Trinajstić information content (AvgIpc) is 3.31. The van der Waals surface area contributed by atoms with Crippen molar-refractivity contribution in [1.82, 2.24) is 14.9 Å². The molecule has 1 N–H and O–H groups in total. The van der Waals surface area contributed by atoms with Gasteiger partial charge >= 0.3 is 5.97 Å². The second-order valence-corrected chi connectivity index (χ2v) is 8.55. The summed E-state index contributed by atoms with van der Waals surface area (Å²) in [6, 6.07) is 3.84. The number of nitrogens with zero attached hydrogens (tertiary/aromatic N) is 2. The van der Waals surface area contributed by atoms with Crippen LogP contribution in [-0.2, 0) is 20.9 Å². The molecule has 1 unspecified atom stereocenters. The highest BCUT2D eigenvalue weighted by molar-refractivity contribution is 7.18.